The summed E-state index contributed by atoms with van der Waals surface area (Å²) >= 11 is 6.61. The third kappa shape index (κ3) is 2.12. The Morgan fingerprint density at radius 3 is 2.55 bits per heavy atom. The van der Waals surface area contributed by atoms with Crippen molar-refractivity contribution in [1.82, 2.24) is 0 Å². The van der Waals surface area contributed by atoms with Gasteiger partial charge in [-0.3, -0.25) is 4.57 Å². The van der Waals surface area contributed by atoms with Gasteiger partial charge in [0.25, 0.3) is 0 Å². The normalized spacial score (nSPS) is 36.5. The monoisotopic (exact) mass is 320 g/mol. The molecule has 1 unspecified atom stereocenters. The van der Waals surface area contributed by atoms with Crippen molar-refractivity contribution in [2.24, 2.45) is 11.8 Å². The minimum Gasteiger partial charge on any atom is -0.364 e. The van der Waals surface area contributed by atoms with Crippen molar-refractivity contribution in [1.29, 1.82) is 0 Å². The van der Waals surface area contributed by atoms with E-state index in [1.807, 2.05) is 13.8 Å². The standard InChI is InChI=1S/C14H22ClO4P/c1-3-18-20(16,19-4-2)12-9-17-14(13(12)15)8-10-5-6-11(14)7-10/h10-11H,3-9H2,1-2H3/t10-,11+,14?/m0/s1. The molecule has 0 amide bonds. The van der Waals surface area contributed by atoms with Gasteiger partial charge in [0.2, 0.25) is 0 Å². The third-order valence-electron chi connectivity index (χ3n) is 4.81. The van der Waals surface area contributed by atoms with Crippen LogP contribution in [-0.4, -0.2) is 25.4 Å². The number of ether oxygens (including phenoxy) is 1. The summed E-state index contributed by atoms with van der Waals surface area (Å²) in [7, 11) is -3.30. The molecular weight excluding hydrogens is 299 g/mol. The van der Waals surface area contributed by atoms with Crippen molar-refractivity contribution < 1.29 is 18.3 Å². The molecule has 2 bridgehead atoms. The fourth-order valence-electron chi connectivity index (χ4n) is 4.03. The summed E-state index contributed by atoms with van der Waals surface area (Å²) in [6, 6.07) is 0. The molecule has 4 nitrogen and oxygen atoms in total. The summed E-state index contributed by atoms with van der Waals surface area (Å²) < 4.78 is 29.8. The molecule has 0 radical (unpaired) electrons. The topological polar surface area (TPSA) is 44.8 Å². The minimum absolute atomic E-state index is 0.277. The first-order valence-electron chi connectivity index (χ1n) is 7.48. The van der Waals surface area contributed by atoms with Crippen LogP contribution in [0.5, 0.6) is 0 Å². The summed E-state index contributed by atoms with van der Waals surface area (Å²) in [5, 5.41) is 1.16. The molecule has 0 saturated heterocycles. The highest BCUT2D eigenvalue weighted by Crippen LogP contribution is 2.66. The van der Waals surface area contributed by atoms with E-state index in [0.717, 1.165) is 12.8 Å². The second-order valence-corrected chi connectivity index (χ2v) is 8.28. The van der Waals surface area contributed by atoms with Crippen LogP contribution in [0.1, 0.15) is 39.5 Å². The molecular formula is C14H22ClO4P. The average Bonchev–Trinajstić information content (AvgIpc) is 3.07. The molecule has 0 aromatic carbocycles. The number of fused-ring (bicyclic) bond motifs is 3. The van der Waals surface area contributed by atoms with Crippen LogP contribution < -0.4 is 0 Å². The highest BCUT2D eigenvalue weighted by atomic mass is 35.5. The van der Waals surface area contributed by atoms with Crippen molar-refractivity contribution in [3.8, 4) is 0 Å². The Morgan fingerprint density at radius 1 is 1.35 bits per heavy atom. The van der Waals surface area contributed by atoms with Gasteiger partial charge in [0, 0.05) is 0 Å². The second-order valence-electron chi connectivity index (χ2n) is 5.85. The maximum Gasteiger partial charge on any atom is 0.360 e. The predicted octanol–water partition coefficient (Wildman–Crippen LogP) is 4.29. The molecule has 0 aromatic heterocycles. The number of hydrogen-bond acceptors (Lipinski definition) is 4. The number of rotatable bonds is 5. The molecule has 2 aliphatic carbocycles. The first-order chi connectivity index (χ1) is 9.55. The SMILES string of the molecule is CCOP(=O)(OCC)C1=C(Cl)C2(C[C@H]3CC[C@@H]2C3)OC1. The van der Waals surface area contributed by atoms with Gasteiger partial charge in [-0.1, -0.05) is 11.6 Å². The first-order valence-corrected chi connectivity index (χ1v) is 9.40. The zero-order valence-corrected chi connectivity index (χ0v) is 13.7. The maximum atomic E-state index is 12.9. The summed E-state index contributed by atoms with van der Waals surface area (Å²) in [5.74, 6) is 1.17. The highest BCUT2D eigenvalue weighted by molar-refractivity contribution is 7.58. The minimum atomic E-state index is -3.30. The molecule has 2 saturated carbocycles. The summed E-state index contributed by atoms with van der Waals surface area (Å²) in [6.07, 6.45) is 4.56. The molecule has 20 heavy (non-hydrogen) atoms. The molecule has 2 fully saturated rings. The molecule has 3 rings (SSSR count). The Kier molecular flexibility index (Phi) is 4.07. The van der Waals surface area contributed by atoms with Gasteiger partial charge >= 0.3 is 7.60 Å². The lowest BCUT2D eigenvalue weighted by Gasteiger charge is -2.33. The summed E-state index contributed by atoms with van der Waals surface area (Å²) in [4.78, 5) is 0. The molecule has 3 atom stereocenters. The van der Waals surface area contributed by atoms with Crippen LogP contribution in [-0.2, 0) is 18.3 Å². The van der Waals surface area contributed by atoms with Crippen molar-refractivity contribution in [3.63, 3.8) is 0 Å². The zero-order chi connectivity index (χ0) is 14.4. The average molecular weight is 321 g/mol. The number of hydrogen-bond donors (Lipinski definition) is 0. The Hall–Kier alpha value is 0.140. The molecule has 1 heterocycles. The van der Waals surface area contributed by atoms with Crippen LogP contribution >= 0.6 is 19.2 Å². The van der Waals surface area contributed by atoms with E-state index in [2.05, 4.69) is 0 Å². The van der Waals surface area contributed by atoms with E-state index in [4.69, 9.17) is 25.4 Å². The number of halogens is 1. The van der Waals surface area contributed by atoms with Crippen molar-refractivity contribution >= 4 is 19.2 Å². The lowest BCUT2D eigenvalue weighted by molar-refractivity contribution is -0.0203. The Balaban J connectivity index is 1.93. The Morgan fingerprint density at radius 2 is 2.05 bits per heavy atom. The van der Waals surface area contributed by atoms with Crippen LogP contribution in [0.2, 0.25) is 0 Å². The zero-order valence-electron chi connectivity index (χ0n) is 12.1. The van der Waals surface area contributed by atoms with Gasteiger partial charge in [0.05, 0.1) is 30.2 Å². The lowest BCUT2D eigenvalue weighted by Crippen LogP contribution is -2.35. The molecule has 114 valence electrons. The van der Waals surface area contributed by atoms with E-state index in [1.54, 1.807) is 0 Å². The molecule has 0 aromatic rings. The van der Waals surface area contributed by atoms with Gasteiger partial charge in [0.1, 0.15) is 5.60 Å². The Bertz CT molecular complexity index is 468. The summed E-state index contributed by atoms with van der Waals surface area (Å²) in [6.45, 7) is 4.57. The lowest BCUT2D eigenvalue weighted by atomic mass is 9.84. The molecule has 0 N–H and O–H groups in total. The van der Waals surface area contributed by atoms with Gasteiger partial charge in [-0.05, 0) is 51.4 Å². The van der Waals surface area contributed by atoms with Gasteiger partial charge in [0.15, 0.2) is 0 Å². The van der Waals surface area contributed by atoms with E-state index in [0.29, 0.717) is 35.4 Å². The van der Waals surface area contributed by atoms with Crippen LogP contribution in [0.15, 0.2) is 10.3 Å². The second kappa shape index (κ2) is 5.40. The van der Waals surface area contributed by atoms with Crippen LogP contribution in [0, 0.1) is 11.8 Å². The molecule has 6 heteroatoms. The largest absolute Gasteiger partial charge is 0.364 e. The first kappa shape index (κ1) is 15.1. The highest BCUT2D eigenvalue weighted by Gasteiger charge is 2.59. The Labute approximate surface area is 125 Å². The van der Waals surface area contributed by atoms with Gasteiger partial charge < -0.3 is 13.8 Å². The van der Waals surface area contributed by atoms with Gasteiger partial charge in [-0.15, -0.1) is 0 Å². The fourth-order valence-corrected chi connectivity index (χ4v) is 6.39. The van der Waals surface area contributed by atoms with Crippen molar-refractivity contribution in [3.05, 3.63) is 10.3 Å². The van der Waals surface area contributed by atoms with Crippen LogP contribution in [0.25, 0.3) is 0 Å². The third-order valence-corrected chi connectivity index (χ3v) is 7.70. The van der Waals surface area contributed by atoms with E-state index in [1.165, 1.54) is 12.8 Å². The smallest absolute Gasteiger partial charge is 0.360 e. The van der Waals surface area contributed by atoms with Crippen molar-refractivity contribution in [2.45, 2.75) is 45.1 Å². The van der Waals surface area contributed by atoms with E-state index < -0.39 is 13.2 Å². The molecule has 1 aliphatic heterocycles. The predicted molar refractivity (Wildman–Crippen MR) is 77.9 cm³/mol. The quantitative estimate of drug-likeness (QED) is 0.709. The van der Waals surface area contributed by atoms with Gasteiger partial charge in [-0.25, -0.2) is 0 Å². The summed E-state index contributed by atoms with van der Waals surface area (Å²) in [5.41, 5.74) is -0.399. The van der Waals surface area contributed by atoms with E-state index in [-0.39, 0.29) is 6.61 Å². The van der Waals surface area contributed by atoms with Gasteiger partial charge in [-0.2, -0.15) is 0 Å². The molecule has 3 aliphatic rings. The maximum absolute atomic E-state index is 12.9. The fraction of sp³-hybridized carbons (Fsp3) is 0.857. The van der Waals surface area contributed by atoms with Crippen LogP contribution in [0.4, 0.5) is 0 Å². The van der Waals surface area contributed by atoms with Crippen LogP contribution in [0.3, 0.4) is 0 Å². The molecule has 1 spiro atoms. The van der Waals surface area contributed by atoms with Crippen molar-refractivity contribution in [2.75, 3.05) is 19.8 Å². The van der Waals surface area contributed by atoms with E-state index in [9.17, 15) is 4.57 Å². The van der Waals surface area contributed by atoms with E-state index >= 15 is 0 Å².